The van der Waals surface area contributed by atoms with Crippen molar-refractivity contribution >= 4 is 40.5 Å². The number of hydrogen-bond acceptors (Lipinski definition) is 4. The van der Waals surface area contributed by atoms with E-state index in [1.807, 2.05) is 12.1 Å². The van der Waals surface area contributed by atoms with Crippen molar-refractivity contribution in [1.82, 2.24) is 0 Å². The molecule has 0 saturated heterocycles. The third-order valence-electron chi connectivity index (χ3n) is 7.66. The Morgan fingerprint density at radius 2 is 1.27 bits per heavy atom. The van der Waals surface area contributed by atoms with Gasteiger partial charge >= 0.3 is 29.2 Å². The number of rotatable bonds is 8. The maximum absolute atomic E-state index is 11.8. The summed E-state index contributed by atoms with van der Waals surface area (Å²) in [6.07, 6.45) is 14.9. The third kappa shape index (κ3) is 10.6. The zero-order valence-electron chi connectivity index (χ0n) is 23.4. The van der Waals surface area contributed by atoms with E-state index in [-0.39, 0.29) is 12.4 Å². The van der Waals surface area contributed by atoms with Crippen LogP contribution in [0.1, 0.15) is 64.2 Å². The molecule has 0 unspecified atom stereocenters. The molecule has 0 amide bonds. The second-order valence-electron chi connectivity index (χ2n) is 10.5. The van der Waals surface area contributed by atoms with Crippen molar-refractivity contribution in [2.45, 2.75) is 75.5 Å². The van der Waals surface area contributed by atoms with Crippen molar-refractivity contribution in [3.05, 3.63) is 78.9 Å². The van der Waals surface area contributed by atoms with E-state index in [4.69, 9.17) is 4.74 Å². The molecule has 0 heterocycles. The van der Waals surface area contributed by atoms with Crippen LogP contribution in [0, 0.1) is 6.07 Å². The summed E-state index contributed by atoms with van der Waals surface area (Å²) in [5.41, 5.74) is 3.57. The number of halogens is 2. The summed E-state index contributed by atoms with van der Waals surface area (Å²) < 4.78 is 21.9. The summed E-state index contributed by atoms with van der Waals surface area (Å²) in [5, 5.41) is 1.75. The van der Waals surface area contributed by atoms with Gasteiger partial charge in [0.2, 0.25) is 0 Å². The second-order valence-corrected chi connectivity index (χ2v) is 13.9. The van der Waals surface area contributed by atoms with Crippen LogP contribution in [0.15, 0.2) is 72.8 Å². The van der Waals surface area contributed by atoms with E-state index in [9.17, 15) is 3.89 Å². The molecule has 3 nitrogen and oxygen atoms in total. The van der Waals surface area contributed by atoms with E-state index in [2.05, 4.69) is 62.7 Å². The molecule has 3 aromatic rings. The Kier molecular flexibility index (Phi) is 15.9. The van der Waals surface area contributed by atoms with Gasteiger partial charge in [-0.3, -0.25) is 0 Å². The third-order valence-corrected chi connectivity index (χ3v) is 11.9. The molecule has 2 aliphatic rings. The topological polar surface area (TPSA) is 21.7 Å². The van der Waals surface area contributed by atoms with Crippen molar-refractivity contribution in [3.8, 4) is 17.2 Å². The first-order chi connectivity index (χ1) is 19.7. The zero-order valence-corrected chi connectivity index (χ0v) is 28.1. The number of nitrogens with zero attached hydrogens (tertiary/aromatic N) is 1. The summed E-state index contributed by atoms with van der Waals surface area (Å²) in [7, 11) is 8.59. The van der Waals surface area contributed by atoms with E-state index in [1.54, 1.807) is 61.7 Å². The number of hydrogen-bond donors (Lipinski definition) is 0. The summed E-state index contributed by atoms with van der Waals surface area (Å²) in [5.74, 6) is 1.84. The fourth-order valence-electron chi connectivity index (χ4n) is 5.88. The number of benzene rings is 3. The van der Waals surface area contributed by atoms with E-state index in [0.717, 1.165) is 17.1 Å². The van der Waals surface area contributed by atoms with Gasteiger partial charge in [-0.05, 0) is 87.8 Å². The number of para-hydroxylation sites is 1. The predicted molar refractivity (Wildman–Crippen MR) is 169 cm³/mol. The summed E-state index contributed by atoms with van der Waals surface area (Å²) in [6.45, 7) is 0. The van der Waals surface area contributed by atoms with Crippen LogP contribution in [-0.2, 0) is 20.0 Å². The van der Waals surface area contributed by atoms with E-state index in [1.165, 1.54) is 69.9 Å². The molecule has 0 spiro atoms. The molecule has 2 saturated carbocycles. The first-order valence-corrected chi connectivity index (χ1v) is 19.1. The Morgan fingerprint density at radius 3 is 1.80 bits per heavy atom. The van der Waals surface area contributed by atoms with Gasteiger partial charge in [0.25, 0.3) is 12.4 Å². The first-order valence-electron chi connectivity index (χ1n) is 14.1. The zero-order chi connectivity index (χ0) is 28.6. The van der Waals surface area contributed by atoms with Crippen LogP contribution in [-0.4, -0.2) is 25.4 Å². The Bertz CT molecular complexity index is 1070. The fourth-order valence-corrected chi connectivity index (χ4v) is 10.6. The predicted octanol–water partition coefficient (Wildman–Crippen LogP) is 10.1. The molecule has 2 aliphatic carbocycles. The summed E-state index contributed by atoms with van der Waals surface area (Å²) in [6, 6.07) is 26.1. The van der Waals surface area contributed by atoms with Crippen molar-refractivity contribution in [2.75, 3.05) is 19.0 Å². The normalized spacial score (nSPS) is 15.8. The molecule has 2 fully saturated rings. The van der Waals surface area contributed by atoms with Gasteiger partial charge in [0, 0.05) is 27.8 Å². The average Bonchev–Trinajstić information content (AvgIpc) is 3.02. The monoisotopic (exact) mass is 785 g/mol. The van der Waals surface area contributed by atoms with Gasteiger partial charge in [0.15, 0.2) is 0 Å². The van der Waals surface area contributed by atoms with Crippen LogP contribution in [0.25, 0.3) is 0 Å². The Morgan fingerprint density at radius 1 is 0.775 bits per heavy atom. The molecule has 8 heteroatoms. The first kappa shape index (κ1) is 33.3. The Hall–Kier alpha value is -1.20. The van der Waals surface area contributed by atoms with Crippen molar-refractivity contribution in [2.24, 2.45) is 0 Å². The van der Waals surface area contributed by atoms with Gasteiger partial charge in [0.1, 0.15) is 16.8 Å². The van der Waals surface area contributed by atoms with E-state index < -0.39 is 7.92 Å². The molecule has 0 atom stereocenters. The summed E-state index contributed by atoms with van der Waals surface area (Å²) in [4.78, 5) is 2.35. The standard InChI is InChI=1S/C20H32NP.C12H8FO2S.Au.ClH/c1-21(2)19-15-9-10-16-20(19)22(17-11-5-3-6-12-17)18-13-7-4-8-14-18;13-16-15-12-8-6-11(7-9-12)14-10-4-2-1-3-5-10;;/h9-10,15-18H,3-8,11-14H2,1-2H3;2-9H;;1H/q;-1;+1;. The minimum absolute atomic E-state index is 0.180. The van der Waals surface area contributed by atoms with Crippen molar-refractivity contribution < 1.29 is 32.8 Å². The SMILES string of the molecule is CN(C)c1ccccc1[PH+](C1CCCCC1)C1CCCCC1.FSOc1ccc(Oc2cc[c-]cc2)cc1.[Cl][Au]. The quantitative estimate of drug-likeness (QED) is 0.0982. The Labute approximate surface area is 262 Å². The molecule has 3 aromatic carbocycles. The van der Waals surface area contributed by atoms with Crippen LogP contribution >= 0.6 is 29.5 Å². The molecule has 0 bridgehead atoms. The molecule has 0 N–H and O–H groups in total. The van der Waals surface area contributed by atoms with Gasteiger partial charge in [-0.25, -0.2) is 0 Å². The van der Waals surface area contributed by atoms with Crippen LogP contribution < -0.4 is 19.1 Å². The fraction of sp³-hybridized carbons (Fsp3) is 0.438. The molecule has 222 valence electrons. The van der Waals surface area contributed by atoms with Crippen LogP contribution in [0.3, 0.4) is 0 Å². The molecule has 40 heavy (non-hydrogen) atoms. The van der Waals surface area contributed by atoms with Crippen molar-refractivity contribution in [1.29, 1.82) is 0 Å². The van der Waals surface area contributed by atoms with Gasteiger partial charge in [-0.1, -0.05) is 25.0 Å². The van der Waals surface area contributed by atoms with Gasteiger partial charge < -0.3 is 13.8 Å². The molecule has 5 rings (SSSR count). The average molecular weight is 786 g/mol. The minimum atomic E-state index is -0.439. The Balaban J connectivity index is 0.000000217. The van der Waals surface area contributed by atoms with E-state index in [0.29, 0.717) is 11.5 Å². The second kappa shape index (κ2) is 19.1. The van der Waals surface area contributed by atoms with Crippen LogP contribution in [0.5, 0.6) is 17.2 Å². The van der Waals surface area contributed by atoms with Gasteiger partial charge in [0.05, 0.1) is 17.0 Å². The number of anilines is 1. The van der Waals surface area contributed by atoms with Crippen LogP contribution in [0.4, 0.5) is 9.57 Å². The molecular weight excluding hydrogens is 745 g/mol. The molecule has 0 aliphatic heterocycles. The van der Waals surface area contributed by atoms with Crippen molar-refractivity contribution in [3.63, 3.8) is 0 Å². The molecule has 0 radical (unpaired) electrons. The molecular formula is C32H41AuClFNO2PS. The molecule has 0 aromatic heterocycles. The maximum atomic E-state index is 11.8. The van der Waals surface area contributed by atoms with Gasteiger partial charge in [-0.15, -0.1) is 16.0 Å². The summed E-state index contributed by atoms with van der Waals surface area (Å²) >= 11 is 1.57. The van der Waals surface area contributed by atoms with Gasteiger partial charge in [-0.2, -0.15) is 18.2 Å². The van der Waals surface area contributed by atoms with Crippen LogP contribution in [0.2, 0.25) is 0 Å². The van der Waals surface area contributed by atoms with E-state index >= 15 is 0 Å². The number of ether oxygens (including phenoxy) is 1.